The van der Waals surface area contributed by atoms with Gasteiger partial charge in [0, 0.05) is 6.54 Å². The third-order valence-corrected chi connectivity index (χ3v) is 1.20. The molecule has 3 nitrogen and oxygen atoms in total. The van der Waals surface area contributed by atoms with E-state index in [0.29, 0.717) is 6.54 Å². The van der Waals surface area contributed by atoms with Crippen LogP contribution in [0.2, 0.25) is 0 Å². The smallest absolute Gasteiger partial charge is 0.407 e. The first kappa shape index (κ1) is 17.4. The molecule has 1 unspecified atom stereocenters. The largest absolute Gasteiger partial charge is 0.447 e. The second kappa shape index (κ2) is 10.3. The van der Waals surface area contributed by atoms with Gasteiger partial charge in [0.25, 0.3) is 0 Å². The Labute approximate surface area is 76.5 Å². The summed E-state index contributed by atoms with van der Waals surface area (Å²) >= 11 is 0. The molecule has 0 saturated carbocycles. The third kappa shape index (κ3) is 9.27. The summed E-state index contributed by atoms with van der Waals surface area (Å²) in [6.07, 6.45) is 0.556. The van der Waals surface area contributed by atoms with Crippen molar-refractivity contribution in [1.29, 1.82) is 0 Å². The molecule has 0 saturated heterocycles. The molecule has 1 N–H and O–H groups in total. The fourth-order valence-electron chi connectivity index (χ4n) is 0.452. The average molecular weight is 177 g/mol. The number of carbonyl (C=O) groups is 1. The number of hydrogen-bond acceptors (Lipinski definition) is 2. The van der Waals surface area contributed by atoms with Crippen molar-refractivity contribution in [1.82, 2.24) is 5.32 Å². The lowest BCUT2D eigenvalue weighted by Crippen LogP contribution is -2.27. The number of carbonyl (C=O) groups excluding carboxylic acids is 1. The summed E-state index contributed by atoms with van der Waals surface area (Å²) in [6, 6.07) is 0. The summed E-state index contributed by atoms with van der Waals surface area (Å²) in [6.45, 7) is 6.33. The van der Waals surface area contributed by atoms with Crippen LogP contribution in [0.3, 0.4) is 0 Å². The standard InChI is InChI=1S/C7H15NO2.2CH4/c1-4-6(3)10-7(9)8-5-2;;/h6H,4-5H2,1-3H3,(H,8,9);2*1H4. The molecular weight excluding hydrogens is 154 g/mol. The fraction of sp³-hybridized carbons (Fsp3) is 0.889. The first-order valence-electron chi connectivity index (χ1n) is 3.65. The van der Waals surface area contributed by atoms with E-state index in [0.717, 1.165) is 6.42 Å². The van der Waals surface area contributed by atoms with E-state index >= 15 is 0 Å². The lowest BCUT2D eigenvalue weighted by Gasteiger charge is -2.10. The van der Waals surface area contributed by atoms with E-state index in [2.05, 4.69) is 5.32 Å². The molecule has 0 radical (unpaired) electrons. The summed E-state index contributed by atoms with van der Waals surface area (Å²) in [5.41, 5.74) is 0. The zero-order chi connectivity index (χ0) is 7.98. The van der Waals surface area contributed by atoms with Gasteiger partial charge >= 0.3 is 6.09 Å². The number of ether oxygens (including phenoxy) is 1. The highest BCUT2D eigenvalue weighted by molar-refractivity contribution is 5.67. The molecule has 0 bridgehead atoms. The topological polar surface area (TPSA) is 38.3 Å². The second-order valence-electron chi connectivity index (χ2n) is 2.15. The number of nitrogens with one attached hydrogen (secondary N) is 1. The Bertz CT molecular complexity index is 105. The van der Waals surface area contributed by atoms with Crippen molar-refractivity contribution in [2.45, 2.75) is 48.1 Å². The van der Waals surface area contributed by atoms with Crippen molar-refractivity contribution in [2.24, 2.45) is 0 Å². The van der Waals surface area contributed by atoms with Crippen LogP contribution in [0.25, 0.3) is 0 Å². The SMILES string of the molecule is C.C.CCNC(=O)OC(C)CC. The molecule has 0 aliphatic heterocycles. The molecule has 12 heavy (non-hydrogen) atoms. The van der Waals surface area contributed by atoms with Crippen LogP contribution >= 0.6 is 0 Å². The Morgan fingerprint density at radius 3 is 2.25 bits per heavy atom. The summed E-state index contributed by atoms with van der Waals surface area (Å²) in [4.78, 5) is 10.7. The van der Waals surface area contributed by atoms with Gasteiger partial charge in [0.1, 0.15) is 6.10 Å². The molecule has 3 heteroatoms. The highest BCUT2D eigenvalue weighted by Crippen LogP contribution is 1.94. The second-order valence-corrected chi connectivity index (χ2v) is 2.15. The zero-order valence-electron chi connectivity index (χ0n) is 6.81. The van der Waals surface area contributed by atoms with Gasteiger partial charge in [0.2, 0.25) is 0 Å². The van der Waals surface area contributed by atoms with E-state index in [1.807, 2.05) is 20.8 Å². The normalized spacial score (nSPS) is 10.2. The predicted molar refractivity (Wildman–Crippen MR) is 53.4 cm³/mol. The first-order chi connectivity index (χ1) is 4.70. The van der Waals surface area contributed by atoms with Gasteiger partial charge in [-0.3, -0.25) is 0 Å². The molecule has 1 amide bonds. The van der Waals surface area contributed by atoms with Crippen LogP contribution in [0.5, 0.6) is 0 Å². The van der Waals surface area contributed by atoms with Crippen LogP contribution in [0.15, 0.2) is 0 Å². The van der Waals surface area contributed by atoms with E-state index < -0.39 is 0 Å². The van der Waals surface area contributed by atoms with Crippen molar-refractivity contribution in [3.8, 4) is 0 Å². The van der Waals surface area contributed by atoms with Gasteiger partial charge in [-0.1, -0.05) is 21.8 Å². The Hall–Kier alpha value is -0.730. The molecule has 0 heterocycles. The summed E-state index contributed by atoms with van der Waals surface area (Å²) < 4.78 is 4.89. The van der Waals surface area contributed by atoms with E-state index in [-0.39, 0.29) is 27.1 Å². The van der Waals surface area contributed by atoms with Crippen molar-refractivity contribution in [3.05, 3.63) is 0 Å². The predicted octanol–water partition coefficient (Wildman–Crippen LogP) is 2.80. The Morgan fingerprint density at radius 1 is 1.42 bits per heavy atom. The number of alkyl carbamates (subject to hydrolysis) is 1. The van der Waals surface area contributed by atoms with Crippen LogP contribution < -0.4 is 5.32 Å². The van der Waals surface area contributed by atoms with E-state index in [1.165, 1.54) is 0 Å². The lowest BCUT2D eigenvalue weighted by molar-refractivity contribution is 0.105. The minimum atomic E-state index is -0.322. The fourth-order valence-corrected chi connectivity index (χ4v) is 0.452. The van der Waals surface area contributed by atoms with E-state index in [9.17, 15) is 4.79 Å². The molecule has 0 aromatic rings. The molecule has 76 valence electrons. The van der Waals surface area contributed by atoms with Gasteiger partial charge in [-0.05, 0) is 20.3 Å². The summed E-state index contributed by atoms with van der Waals surface area (Å²) in [5.74, 6) is 0. The maximum atomic E-state index is 10.7. The van der Waals surface area contributed by atoms with Crippen molar-refractivity contribution in [3.63, 3.8) is 0 Å². The Kier molecular flexibility index (Phi) is 14.9. The highest BCUT2D eigenvalue weighted by Gasteiger charge is 2.03. The van der Waals surface area contributed by atoms with Crippen molar-refractivity contribution < 1.29 is 9.53 Å². The van der Waals surface area contributed by atoms with Crippen molar-refractivity contribution >= 4 is 6.09 Å². The molecule has 0 rings (SSSR count). The molecule has 0 spiro atoms. The molecule has 0 fully saturated rings. The van der Waals surface area contributed by atoms with Gasteiger partial charge in [-0.2, -0.15) is 0 Å². The Morgan fingerprint density at radius 2 is 1.92 bits per heavy atom. The average Bonchev–Trinajstić information content (AvgIpc) is 1.88. The minimum Gasteiger partial charge on any atom is -0.447 e. The van der Waals surface area contributed by atoms with E-state index in [1.54, 1.807) is 0 Å². The molecule has 0 aromatic heterocycles. The van der Waals surface area contributed by atoms with Gasteiger partial charge < -0.3 is 10.1 Å². The zero-order valence-corrected chi connectivity index (χ0v) is 6.81. The first-order valence-corrected chi connectivity index (χ1v) is 3.65. The van der Waals surface area contributed by atoms with Gasteiger partial charge in [0.15, 0.2) is 0 Å². The minimum absolute atomic E-state index is 0. The monoisotopic (exact) mass is 177 g/mol. The van der Waals surface area contributed by atoms with Gasteiger partial charge in [-0.25, -0.2) is 4.79 Å². The maximum absolute atomic E-state index is 10.7. The van der Waals surface area contributed by atoms with Gasteiger partial charge in [-0.15, -0.1) is 0 Å². The quantitative estimate of drug-likeness (QED) is 0.720. The molecule has 0 aromatic carbocycles. The maximum Gasteiger partial charge on any atom is 0.407 e. The van der Waals surface area contributed by atoms with Crippen molar-refractivity contribution in [2.75, 3.05) is 6.54 Å². The van der Waals surface area contributed by atoms with Crippen LogP contribution in [0, 0.1) is 0 Å². The molecule has 1 atom stereocenters. The number of rotatable bonds is 3. The lowest BCUT2D eigenvalue weighted by atomic mass is 10.3. The highest BCUT2D eigenvalue weighted by atomic mass is 16.6. The molecule has 0 aliphatic carbocycles. The van der Waals surface area contributed by atoms with Crippen LogP contribution in [-0.2, 0) is 4.74 Å². The molecular formula is C9H23NO2. The Balaban J connectivity index is -0.000000405. The van der Waals surface area contributed by atoms with Crippen LogP contribution in [0.4, 0.5) is 4.79 Å². The molecule has 0 aliphatic rings. The summed E-state index contributed by atoms with van der Waals surface area (Å²) in [7, 11) is 0. The van der Waals surface area contributed by atoms with Gasteiger partial charge in [0.05, 0.1) is 0 Å². The van der Waals surface area contributed by atoms with E-state index in [4.69, 9.17) is 4.74 Å². The third-order valence-electron chi connectivity index (χ3n) is 1.20. The number of amides is 1. The number of hydrogen-bond donors (Lipinski definition) is 1. The van der Waals surface area contributed by atoms with Crippen LogP contribution in [-0.4, -0.2) is 18.7 Å². The summed E-state index contributed by atoms with van der Waals surface area (Å²) in [5, 5.41) is 2.55. The van der Waals surface area contributed by atoms with Crippen LogP contribution in [0.1, 0.15) is 42.0 Å².